The predicted molar refractivity (Wildman–Crippen MR) is 58.6 cm³/mol. The summed E-state index contributed by atoms with van der Waals surface area (Å²) in [6, 6.07) is 9.38. The molecule has 0 amide bonds. The van der Waals surface area contributed by atoms with Crippen molar-refractivity contribution in [1.82, 2.24) is 10.2 Å². The molecule has 0 aliphatic rings. The highest BCUT2D eigenvalue weighted by molar-refractivity contribution is 5.30. The molecule has 0 spiro atoms. The first kappa shape index (κ1) is 9.73. The average molecular weight is 203 g/mol. The number of benzene rings is 1. The average Bonchev–Trinajstić information content (AvgIpc) is 2.60. The molecule has 1 atom stereocenters. The van der Waals surface area contributed by atoms with Gasteiger partial charge >= 0.3 is 0 Å². The number of hydrogen-bond donors (Lipinski definition) is 3. The molecule has 2 aromatic rings. The minimum atomic E-state index is -0.287. The van der Waals surface area contributed by atoms with Crippen molar-refractivity contribution in [1.29, 1.82) is 0 Å². The van der Waals surface area contributed by atoms with Gasteiger partial charge in [0.15, 0.2) is 0 Å². The molecule has 1 aromatic heterocycles. The van der Waals surface area contributed by atoms with Crippen LogP contribution in [-0.2, 0) is 0 Å². The highest BCUT2D eigenvalue weighted by Gasteiger charge is 2.14. The molecule has 78 valence electrons. The van der Waals surface area contributed by atoms with E-state index in [1.165, 1.54) is 0 Å². The van der Waals surface area contributed by atoms with Gasteiger partial charge in [-0.1, -0.05) is 30.3 Å². The van der Waals surface area contributed by atoms with Crippen molar-refractivity contribution < 1.29 is 0 Å². The first-order valence-electron chi connectivity index (χ1n) is 4.78. The Bertz CT molecular complexity index is 498. The van der Waals surface area contributed by atoms with Gasteiger partial charge in [-0.05, 0) is 12.5 Å². The largest absolute Gasteiger partial charge is 0.319 e. The lowest BCUT2D eigenvalue weighted by molar-refractivity contribution is 0.810. The zero-order valence-electron chi connectivity index (χ0n) is 8.45. The molecule has 1 heterocycles. The van der Waals surface area contributed by atoms with Crippen molar-refractivity contribution in [2.45, 2.75) is 13.0 Å². The van der Waals surface area contributed by atoms with E-state index in [0.717, 1.165) is 11.3 Å². The summed E-state index contributed by atoms with van der Waals surface area (Å²) in [5.41, 5.74) is 8.29. The molecule has 0 aliphatic carbocycles. The standard InChI is InChI=1S/C11H13N3O/c1-7-10(13-14-11(7)15)9(12)8-5-3-2-4-6-8/h2-6,9H,12H2,1H3,(H2,13,14,15). The first-order chi connectivity index (χ1) is 7.20. The Morgan fingerprint density at radius 2 is 1.87 bits per heavy atom. The van der Waals surface area contributed by atoms with Crippen LogP contribution in [0.1, 0.15) is 22.9 Å². The monoisotopic (exact) mass is 203 g/mol. The Morgan fingerprint density at radius 3 is 2.40 bits per heavy atom. The quantitative estimate of drug-likeness (QED) is 0.682. The summed E-state index contributed by atoms with van der Waals surface area (Å²) in [5.74, 6) is 0. The van der Waals surface area contributed by atoms with Crippen molar-refractivity contribution in [2.24, 2.45) is 5.73 Å². The molecule has 1 unspecified atom stereocenters. The van der Waals surface area contributed by atoms with Gasteiger partial charge in [0.1, 0.15) is 0 Å². The van der Waals surface area contributed by atoms with Crippen molar-refractivity contribution in [3.8, 4) is 0 Å². The summed E-state index contributed by atoms with van der Waals surface area (Å²) < 4.78 is 0. The zero-order valence-corrected chi connectivity index (χ0v) is 8.45. The van der Waals surface area contributed by atoms with Gasteiger partial charge in [-0.15, -0.1) is 0 Å². The van der Waals surface area contributed by atoms with E-state index in [0.29, 0.717) is 5.56 Å². The fourth-order valence-corrected chi connectivity index (χ4v) is 1.57. The fraction of sp³-hybridized carbons (Fsp3) is 0.182. The summed E-state index contributed by atoms with van der Waals surface area (Å²) in [4.78, 5) is 11.2. The lowest BCUT2D eigenvalue weighted by Gasteiger charge is -2.10. The number of rotatable bonds is 2. The Hall–Kier alpha value is -1.81. The number of aromatic nitrogens is 2. The lowest BCUT2D eigenvalue weighted by Crippen LogP contribution is -2.14. The number of hydrogen-bond acceptors (Lipinski definition) is 2. The van der Waals surface area contributed by atoms with Crippen LogP contribution < -0.4 is 11.3 Å². The number of nitrogens with one attached hydrogen (secondary N) is 2. The second-order valence-electron chi connectivity index (χ2n) is 3.51. The number of nitrogens with two attached hydrogens (primary N) is 1. The number of aromatic amines is 2. The van der Waals surface area contributed by atoms with Gasteiger partial charge in [0.2, 0.25) is 0 Å². The maximum Gasteiger partial charge on any atom is 0.267 e. The van der Waals surface area contributed by atoms with Crippen LogP contribution in [0.4, 0.5) is 0 Å². The van der Waals surface area contributed by atoms with Gasteiger partial charge in [0.05, 0.1) is 11.7 Å². The summed E-state index contributed by atoms with van der Waals surface area (Å²) >= 11 is 0. The fourth-order valence-electron chi connectivity index (χ4n) is 1.57. The third-order valence-electron chi connectivity index (χ3n) is 2.52. The van der Waals surface area contributed by atoms with E-state index in [-0.39, 0.29) is 11.6 Å². The third-order valence-corrected chi connectivity index (χ3v) is 2.52. The molecule has 2 rings (SSSR count). The summed E-state index contributed by atoms with van der Waals surface area (Å²) in [5, 5.41) is 5.34. The zero-order chi connectivity index (χ0) is 10.8. The van der Waals surface area contributed by atoms with Crippen LogP contribution in [0.2, 0.25) is 0 Å². The molecule has 4 heteroatoms. The topological polar surface area (TPSA) is 74.7 Å². The van der Waals surface area contributed by atoms with Crippen LogP contribution in [0.15, 0.2) is 35.1 Å². The molecule has 1 aromatic carbocycles. The van der Waals surface area contributed by atoms with Crippen molar-refractivity contribution in [2.75, 3.05) is 0 Å². The smallest absolute Gasteiger partial charge is 0.267 e. The summed E-state index contributed by atoms with van der Waals surface area (Å²) in [6.07, 6.45) is 0. The van der Waals surface area contributed by atoms with Gasteiger partial charge in [0.25, 0.3) is 5.56 Å². The summed E-state index contributed by atoms with van der Waals surface area (Å²) in [6.45, 7) is 1.76. The SMILES string of the molecule is Cc1c(C(N)c2ccccc2)[nH][nH]c1=O. The molecule has 0 bridgehead atoms. The predicted octanol–water partition coefficient (Wildman–Crippen LogP) is 1.06. The molecule has 4 N–H and O–H groups in total. The molecule has 4 nitrogen and oxygen atoms in total. The minimum Gasteiger partial charge on any atom is -0.319 e. The van der Waals surface area contributed by atoms with Gasteiger partial charge in [-0.25, -0.2) is 0 Å². The second kappa shape index (κ2) is 3.74. The van der Waals surface area contributed by atoms with E-state index in [2.05, 4.69) is 10.2 Å². The van der Waals surface area contributed by atoms with E-state index >= 15 is 0 Å². The van der Waals surface area contributed by atoms with Crippen LogP contribution in [0.25, 0.3) is 0 Å². The van der Waals surface area contributed by atoms with E-state index < -0.39 is 0 Å². The first-order valence-corrected chi connectivity index (χ1v) is 4.78. The van der Waals surface area contributed by atoms with Gasteiger partial charge in [0, 0.05) is 5.56 Å². The third kappa shape index (κ3) is 1.71. The van der Waals surface area contributed by atoms with Crippen LogP contribution in [0, 0.1) is 6.92 Å². The minimum absolute atomic E-state index is 0.114. The summed E-state index contributed by atoms with van der Waals surface area (Å²) in [7, 11) is 0. The van der Waals surface area contributed by atoms with Crippen LogP contribution in [0.3, 0.4) is 0 Å². The Morgan fingerprint density at radius 1 is 1.20 bits per heavy atom. The molecule has 0 radical (unpaired) electrons. The highest BCUT2D eigenvalue weighted by Crippen LogP contribution is 2.17. The van der Waals surface area contributed by atoms with Crippen molar-refractivity contribution >= 4 is 0 Å². The lowest BCUT2D eigenvalue weighted by atomic mass is 10.0. The molecule has 0 aliphatic heterocycles. The molecular formula is C11H13N3O. The Labute approximate surface area is 87.1 Å². The van der Waals surface area contributed by atoms with Crippen LogP contribution in [-0.4, -0.2) is 10.2 Å². The molecule has 15 heavy (non-hydrogen) atoms. The normalized spacial score (nSPS) is 12.7. The molecular weight excluding hydrogens is 190 g/mol. The van der Waals surface area contributed by atoms with E-state index in [1.54, 1.807) is 6.92 Å². The van der Waals surface area contributed by atoms with Crippen molar-refractivity contribution in [3.05, 3.63) is 57.5 Å². The van der Waals surface area contributed by atoms with Crippen LogP contribution >= 0.6 is 0 Å². The van der Waals surface area contributed by atoms with Crippen LogP contribution in [0.5, 0.6) is 0 Å². The second-order valence-corrected chi connectivity index (χ2v) is 3.51. The van der Waals surface area contributed by atoms with Gasteiger partial charge in [-0.3, -0.25) is 9.89 Å². The molecule has 0 saturated carbocycles. The van der Waals surface area contributed by atoms with Crippen molar-refractivity contribution in [3.63, 3.8) is 0 Å². The van der Waals surface area contributed by atoms with Gasteiger partial charge in [-0.2, -0.15) is 0 Å². The maximum atomic E-state index is 11.2. The Balaban J connectivity index is 2.41. The van der Waals surface area contributed by atoms with E-state index in [1.807, 2.05) is 30.3 Å². The van der Waals surface area contributed by atoms with E-state index in [4.69, 9.17) is 5.73 Å². The van der Waals surface area contributed by atoms with E-state index in [9.17, 15) is 4.79 Å². The Kier molecular flexibility index (Phi) is 2.43. The number of H-pyrrole nitrogens is 2. The molecule has 0 fully saturated rings. The van der Waals surface area contributed by atoms with Gasteiger partial charge < -0.3 is 10.8 Å². The highest BCUT2D eigenvalue weighted by atomic mass is 16.1. The maximum absolute atomic E-state index is 11.2. The molecule has 0 saturated heterocycles.